The van der Waals surface area contributed by atoms with Gasteiger partial charge in [-0.15, -0.1) is 0 Å². The molecule has 0 amide bonds. The number of ether oxygens (including phenoxy) is 1. The molecule has 0 radical (unpaired) electrons. The van der Waals surface area contributed by atoms with E-state index in [9.17, 15) is 0 Å². The molecule has 1 aliphatic heterocycles. The van der Waals surface area contributed by atoms with E-state index in [2.05, 4.69) is 21.8 Å². The van der Waals surface area contributed by atoms with Crippen LogP contribution in [0.15, 0.2) is 0 Å². The van der Waals surface area contributed by atoms with Crippen LogP contribution in [-0.2, 0) is 4.74 Å². The smallest absolute Gasteiger partial charge is 0.137 e. The van der Waals surface area contributed by atoms with Crippen molar-refractivity contribution in [3.63, 3.8) is 0 Å². The fraction of sp³-hybridized carbons (Fsp3) is 0.692. The lowest BCUT2D eigenvalue weighted by Crippen LogP contribution is -2.48. The van der Waals surface area contributed by atoms with E-state index in [-0.39, 0.29) is 5.60 Å². The molecule has 1 unspecified atom stereocenters. The zero-order valence-corrected chi connectivity index (χ0v) is 11.7. The molecule has 2 heterocycles. The summed E-state index contributed by atoms with van der Waals surface area (Å²) in [5.41, 5.74) is 6.78. The monoisotopic (exact) mass is 250 g/mol. The number of anilines is 2. The van der Waals surface area contributed by atoms with Crippen molar-refractivity contribution in [1.29, 1.82) is 0 Å². The number of hydrogen-bond acceptors (Lipinski definition) is 5. The molecular weight excluding hydrogens is 228 g/mol. The average molecular weight is 250 g/mol. The van der Waals surface area contributed by atoms with Crippen molar-refractivity contribution in [1.82, 2.24) is 9.97 Å². The molecule has 1 atom stereocenters. The summed E-state index contributed by atoms with van der Waals surface area (Å²) in [5.74, 6) is 2.24. The van der Waals surface area contributed by atoms with Gasteiger partial charge in [0.1, 0.15) is 17.5 Å². The molecule has 0 aliphatic carbocycles. The molecule has 100 valence electrons. The van der Waals surface area contributed by atoms with Gasteiger partial charge in [-0.2, -0.15) is 0 Å². The topological polar surface area (TPSA) is 64.3 Å². The van der Waals surface area contributed by atoms with Crippen LogP contribution in [0.1, 0.15) is 31.2 Å². The van der Waals surface area contributed by atoms with Gasteiger partial charge in [-0.25, -0.2) is 9.97 Å². The number of aryl methyl sites for hydroxylation is 1. The summed E-state index contributed by atoms with van der Waals surface area (Å²) in [6, 6.07) is 0. The molecule has 5 nitrogen and oxygen atoms in total. The van der Waals surface area contributed by atoms with E-state index in [1.807, 2.05) is 13.8 Å². The van der Waals surface area contributed by atoms with Gasteiger partial charge >= 0.3 is 0 Å². The molecule has 1 aromatic rings. The maximum atomic E-state index is 5.92. The van der Waals surface area contributed by atoms with Gasteiger partial charge in [0.05, 0.1) is 5.60 Å². The minimum atomic E-state index is -0.0989. The van der Waals surface area contributed by atoms with E-state index in [1.54, 1.807) is 7.11 Å². The lowest BCUT2D eigenvalue weighted by Gasteiger charge is -2.40. The molecule has 5 heteroatoms. The highest BCUT2D eigenvalue weighted by atomic mass is 16.5. The summed E-state index contributed by atoms with van der Waals surface area (Å²) in [7, 11) is 1.77. The van der Waals surface area contributed by atoms with Crippen LogP contribution in [0.2, 0.25) is 0 Å². The first kappa shape index (κ1) is 13.1. The van der Waals surface area contributed by atoms with Gasteiger partial charge in [0.25, 0.3) is 0 Å². The lowest BCUT2D eigenvalue weighted by molar-refractivity contribution is -0.00484. The van der Waals surface area contributed by atoms with E-state index >= 15 is 0 Å². The van der Waals surface area contributed by atoms with Crippen LogP contribution < -0.4 is 10.6 Å². The molecule has 1 saturated heterocycles. The molecule has 0 saturated carbocycles. The summed E-state index contributed by atoms with van der Waals surface area (Å²) in [6.45, 7) is 7.84. The molecular formula is C13H22N4O. The molecule has 0 aromatic carbocycles. The summed E-state index contributed by atoms with van der Waals surface area (Å²) in [4.78, 5) is 11.0. The van der Waals surface area contributed by atoms with E-state index in [4.69, 9.17) is 10.5 Å². The summed E-state index contributed by atoms with van der Waals surface area (Å²) in [6.07, 6.45) is 2.19. The van der Waals surface area contributed by atoms with Crippen molar-refractivity contribution in [3.8, 4) is 0 Å². The number of piperidine rings is 1. The van der Waals surface area contributed by atoms with Crippen molar-refractivity contribution in [2.45, 2.75) is 39.2 Å². The number of methoxy groups -OCH3 is 1. The van der Waals surface area contributed by atoms with Gasteiger partial charge in [-0.1, -0.05) is 0 Å². The van der Waals surface area contributed by atoms with E-state index in [0.717, 1.165) is 43.1 Å². The fourth-order valence-electron chi connectivity index (χ4n) is 2.50. The number of nitrogens with two attached hydrogens (primary N) is 1. The Balaban J connectivity index is 2.31. The highest BCUT2D eigenvalue weighted by molar-refractivity contribution is 5.56. The quantitative estimate of drug-likeness (QED) is 0.865. The van der Waals surface area contributed by atoms with Crippen molar-refractivity contribution in [2.75, 3.05) is 30.8 Å². The maximum Gasteiger partial charge on any atom is 0.137 e. The van der Waals surface area contributed by atoms with Crippen molar-refractivity contribution in [2.24, 2.45) is 0 Å². The van der Waals surface area contributed by atoms with Crippen molar-refractivity contribution >= 4 is 11.6 Å². The van der Waals surface area contributed by atoms with Crippen LogP contribution >= 0.6 is 0 Å². The number of nitrogens with zero attached hydrogens (tertiary/aromatic N) is 3. The second-order valence-corrected chi connectivity index (χ2v) is 5.28. The third-order valence-corrected chi connectivity index (χ3v) is 3.72. The van der Waals surface area contributed by atoms with Gasteiger partial charge in [-0.05, 0) is 33.6 Å². The predicted octanol–water partition coefficient (Wildman–Crippen LogP) is 1.68. The molecule has 18 heavy (non-hydrogen) atoms. The first-order valence-corrected chi connectivity index (χ1v) is 6.36. The number of nitrogen functional groups attached to an aromatic ring is 1. The second kappa shape index (κ2) is 4.72. The van der Waals surface area contributed by atoms with Crippen LogP contribution in [0, 0.1) is 13.8 Å². The first-order valence-electron chi connectivity index (χ1n) is 6.36. The SMILES string of the molecule is COC1(C)CCCN(c2nc(C)nc(N)c2C)C1. The second-order valence-electron chi connectivity index (χ2n) is 5.28. The maximum absolute atomic E-state index is 5.92. The highest BCUT2D eigenvalue weighted by Crippen LogP contribution is 2.29. The van der Waals surface area contributed by atoms with Crippen LogP contribution in [-0.4, -0.2) is 35.8 Å². The van der Waals surface area contributed by atoms with Gasteiger partial charge in [0, 0.05) is 25.8 Å². The molecule has 1 fully saturated rings. The van der Waals surface area contributed by atoms with Crippen LogP contribution in [0.4, 0.5) is 11.6 Å². The molecule has 1 aromatic heterocycles. The minimum absolute atomic E-state index is 0.0989. The molecule has 0 bridgehead atoms. The Hall–Kier alpha value is -1.36. The molecule has 1 aliphatic rings. The van der Waals surface area contributed by atoms with Gasteiger partial charge < -0.3 is 15.4 Å². The predicted molar refractivity (Wildman–Crippen MR) is 72.8 cm³/mol. The third-order valence-electron chi connectivity index (χ3n) is 3.72. The van der Waals surface area contributed by atoms with Crippen molar-refractivity contribution in [3.05, 3.63) is 11.4 Å². The average Bonchev–Trinajstić information content (AvgIpc) is 2.34. The Bertz CT molecular complexity index is 449. The van der Waals surface area contributed by atoms with Crippen LogP contribution in [0.5, 0.6) is 0 Å². The van der Waals surface area contributed by atoms with E-state index in [0.29, 0.717) is 5.82 Å². The number of rotatable bonds is 2. The number of aromatic nitrogens is 2. The third kappa shape index (κ3) is 2.41. The van der Waals surface area contributed by atoms with Gasteiger partial charge in [0.15, 0.2) is 0 Å². The Kier molecular flexibility index (Phi) is 3.43. The Morgan fingerprint density at radius 3 is 2.72 bits per heavy atom. The first-order chi connectivity index (χ1) is 8.45. The van der Waals surface area contributed by atoms with Gasteiger partial charge in [0.2, 0.25) is 0 Å². The summed E-state index contributed by atoms with van der Waals surface area (Å²) >= 11 is 0. The summed E-state index contributed by atoms with van der Waals surface area (Å²) < 4.78 is 5.61. The lowest BCUT2D eigenvalue weighted by atomic mass is 9.94. The Morgan fingerprint density at radius 1 is 1.33 bits per heavy atom. The Morgan fingerprint density at radius 2 is 2.06 bits per heavy atom. The number of hydrogen-bond donors (Lipinski definition) is 1. The van der Waals surface area contributed by atoms with Crippen LogP contribution in [0.25, 0.3) is 0 Å². The zero-order valence-electron chi connectivity index (χ0n) is 11.7. The van der Waals surface area contributed by atoms with Crippen LogP contribution in [0.3, 0.4) is 0 Å². The molecule has 2 rings (SSSR count). The van der Waals surface area contributed by atoms with E-state index in [1.165, 1.54) is 0 Å². The zero-order chi connectivity index (χ0) is 13.3. The Labute approximate surface area is 108 Å². The molecule has 0 spiro atoms. The fourth-order valence-corrected chi connectivity index (χ4v) is 2.50. The van der Waals surface area contributed by atoms with Crippen molar-refractivity contribution < 1.29 is 4.74 Å². The highest BCUT2D eigenvalue weighted by Gasteiger charge is 2.32. The summed E-state index contributed by atoms with van der Waals surface area (Å²) in [5, 5.41) is 0. The standard InChI is InChI=1S/C13H22N4O/c1-9-11(14)15-10(2)16-12(9)17-7-5-6-13(3,8-17)18-4/h5-8H2,1-4H3,(H2,14,15,16). The normalized spacial score (nSPS) is 24.3. The molecule has 2 N–H and O–H groups in total. The van der Waals surface area contributed by atoms with Gasteiger partial charge in [-0.3, -0.25) is 0 Å². The van der Waals surface area contributed by atoms with E-state index < -0.39 is 0 Å². The largest absolute Gasteiger partial charge is 0.383 e. The minimum Gasteiger partial charge on any atom is -0.383 e.